The van der Waals surface area contributed by atoms with E-state index in [1.807, 2.05) is 12.3 Å². The molecule has 1 heterocycles. The lowest BCUT2D eigenvalue weighted by Gasteiger charge is -2.43. The number of aromatic nitrogens is 2. The van der Waals surface area contributed by atoms with Crippen LogP contribution >= 0.6 is 0 Å². The fraction of sp³-hybridized carbons (Fsp3) is 0.448. The van der Waals surface area contributed by atoms with Crippen molar-refractivity contribution in [3.63, 3.8) is 0 Å². The summed E-state index contributed by atoms with van der Waals surface area (Å²) in [6, 6.07) is 23.4. The number of benzene rings is 2. The maximum Gasteiger partial charge on any atom is 0.261 e. The van der Waals surface area contributed by atoms with Gasteiger partial charge in [0.25, 0.3) is 8.32 Å². The molecule has 1 N–H and O–H groups in total. The number of rotatable bonds is 9. The molecule has 1 fully saturated rings. The van der Waals surface area contributed by atoms with Gasteiger partial charge >= 0.3 is 0 Å². The third-order valence-corrected chi connectivity index (χ3v) is 12.1. The Balaban J connectivity index is 1.57. The van der Waals surface area contributed by atoms with E-state index in [-0.39, 0.29) is 17.7 Å². The Morgan fingerprint density at radius 2 is 1.49 bits per heavy atom. The molecule has 3 aromatic rings. The van der Waals surface area contributed by atoms with Crippen LogP contribution in [0.1, 0.15) is 63.9 Å². The van der Waals surface area contributed by atoms with Gasteiger partial charge in [0, 0.05) is 12.1 Å². The van der Waals surface area contributed by atoms with E-state index in [1.165, 1.54) is 10.4 Å². The van der Waals surface area contributed by atoms with Crippen molar-refractivity contribution >= 4 is 18.7 Å². The largest absolute Gasteiger partial charge is 0.401 e. The number of hydrogen-bond donors (Lipinski definition) is 1. The van der Waals surface area contributed by atoms with Gasteiger partial charge in [0.15, 0.2) is 0 Å². The standard InChI is InChI=1S/C29H38N2O3Si/c1-29(2,3)35(26-10-6-4-7-11-26,27-12-8-5-9-13-27)34-22-24-18-19-30-28(31-24)23-14-16-25(17-15-23)33-21-20-32/h4-13,18-19,23,25,32H,14-17,20-22H2,1-3H3. The van der Waals surface area contributed by atoms with Gasteiger partial charge in [-0.25, -0.2) is 9.97 Å². The predicted octanol–water partition coefficient (Wildman–Crippen LogP) is 4.59. The molecule has 0 amide bonds. The Bertz CT molecular complexity index is 1010. The summed E-state index contributed by atoms with van der Waals surface area (Å²) in [5.74, 6) is 1.26. The Morgan fingerprint density at radius 3 is 2.03 bits per heavy atom. The molecule has 0 aliphatic heterocycles. The molecule has 1 aliphatic rings. The lowest BCUT2D eigenvalue weighted by molar-refractivity contribution is 0.00537. The van der Waals surface area contributed by atoms with Crippen molar-refractivity contribution in [2.24, 2.45) is 0 Å². The fourth-order valence-corrected chi connectivity index (χ4v) is 9.86. The molecule has 5 nitrogen and oxygen atoms in total. The van der Waals surface area contributed by atoms with Crippen molar-refractivity contribution in [1.82, 2.24) is 9.97 Å². The zero-order valence-corrected chi connectivity index (χ0v) is 22.2. The van der Waals surface area contributed by atoms with Crippen LogP contribution in [0.25, 0.3) is 0 Å². The third-order valence-electron chi connectivity index (χ3n) is 7.07. The molecule has 2 aromatic carbocycles. The highest BCUT2D eigenvalue weighted by molar-refractivity contribution is 6.99. The summed E-state index contributed by atoms with van der Waals surface area (Å²) in [6.07, 6.45) is 6.10. The molecule has 6 heteroatoms. The topological polar surface area (TPSA) is 64.5 Å². The molecule has 0 bridgehead atoms. The van der Waals surface area contributed by atoms with Crippen LogP contribution < -0.4 is 10.4 Å². The summed E-state index contributed by atoms with van der Waals surface area (Å²) in [5.41, 5.74) is 0.932. The molecule has 35 heavy (non-hydrogen) atoms. The minimum Gasteiger partial charge on any atom is -0.401 e. The van der Waals surface area contributed by atoms with Crippen LogP contribution in [-0.2, 0) is 15.8 Å². The highest BCUT2D eigenvalue weighted by atomic mass is 28.4. The van der Waals surface area contributed by atoms with E-state index in [1.54, 1.807) is 0 Å². The maximum atomic E-state index is 9.01. The highest BCUT2D eigenvalue weighted by Gasteiger charge is 2.50. The van der Waals surface area contributed by atoms with Gasteiger partial charge in [-0.2, -0.15) is 0 Å². The van der Waals surface area contributed by atoms with E-state index in [9.17, 15) is 0 Å². The summed E-state index contributed by atoms with van der Waals surface area (Å²) < 4.78 is 12.8. The Morgan fingerprint density at radius 1 is 0.886 bits per heavy atom. The van der Waals surface area contributed by atoms with Gasteiger partial charge < -0.3 is 14.3 Å². The van der Waals surface area contributed by atoms with E-state index >= 15 is 0 Å². The van der Waals surface area contributed by atoms with Gasteiger partial charge in [-0.3, -0.25) is 0 Å². The van der Waals surface area contributed by atoms with Crippen LogP contribution in [0.2, 0.25) is 5.04 Å². The van der Waals surface area contributed by atoms with E-state index in [0.717, 1.165) is 37.2 Å². The van der Waals surface area contributed by atoms with Crippen LogP contribution in [0.4, 0.5) is 0 Å². The first-order chi connectivity index (χ1) is 16.9. The smallest absolute Gasteiger partial charge is 0.261 e. The van der Waals surface area contributed by atoms with Crippen molar-refractivity contribution in [2.75, 3.05) is 13.2 Å². The van der Waals surface area contributed by atoms with Crippen molar-refractivity contribution in [3.05, 3.63) is 84.4 Å². The second-order valence-corrected chi connectivity index (χ2v) is 14.7. The average Bonchev–Trinajstić information content (AvgIpc) is 2.89. The van der Waals surface area contributed by atoms with Crippen molar-refractivity contribution in [1.29, 1.82) is 0 Å². The summed E-state index contributed by atoms with van der Waals surface area (Å²) in [6.45, 7) is 7.83. The lowest BCUT2D eigenvalue weighted by Crippen LogP contribution is -2.66. The van der Waals surface area contributed by atoms with Gasteiger partial charge in [0.1, 0.15) is 5.82 Å². The average molecular weight is 491 g/mol. The Kier molecular flexibility index (Phi) is 8.49. The molecule has 0 saturated heterocycles. The molecule has 0 spiro atoms. The zero-order chi connectivity index (χ0) is 24.7. The monoisotopic (exact) mass is 490 g/mol. The minimum absolute atomic E-state index is 0.0709. The van der Waals surface area contributed by atoms with E-state index in [0.29, 0.717) is 19.1 Å². The lowest BCUT2D eigenvalue weighted by atomic mass is 9.87. The number of nitrogens with zero attached hydrogens (tertiary/aromatic N) is 2. The zero-order valence-electron chi connectivity index (χ0n) is 21.2. The molecule has 0 radical (unpaired) electrons. The van der Waals surface area contributed by atoms with Crippen LogP contribution in [0.5, 0.6) is 0 Å². The molecule has 1 aromatic heterocycles. The minimum atomic E-state index is -2.61. The number of hydrogen-bond acceptors (Lipinski definition) is 5. The van der Waals surface area contributed by atoms with Gasteiger partial charge in [0.05, 0.1) is 31.6 Å². The van der Waals surface area contributed by atoms with Crippen molar-refractivity contribution < 1.29 is 14.3 Å². The molecule has 186 valence electrons. The van der Waals surface area contributed by atoms with Crippen LogP contribution in [0, 0.1) is 0 Å². The second-order valence-electron chi connectivity index (χ2n) is 10.4. The summed E-state index contributed by atoms with van der Waals surface area (Å²) in [7, 11) is -2.61. The Hall–Kier alpha value is -2.38. The first-order valence-electron chi connectivity index (χ1n) is 12.7. The van der Waals surface area contributed by atoms with E-state index in [4.69, 9.17) is 19.3 Å². The first kappa shape index (κ1) is 25.7. The fourth-order valence-electron chi connectivity index (χ4n) is 5.34. The molecule has 0 unspecified atom stereocenters. The number of aliphatic hydroxyl groups is 1. The van der Waals surface area contributed by atoms with E-state index in [2.05, 4.69) is 86.4 Å². The molecule has 0 atom stereocenters. The molecule has 4 rings (SSSR count). The van der Waals surface area contributed by atoms with Gasteiger partial charge in [-0.1, -0.05) is 81.4 Å². The SMILES string of the molecule is CC(C)(C)[Si](OCc1ccnc(C2CCC(OCCO)CC2)n1)(c1ccccc1)c1ccccc1. The second kappa shape index (κ2) is 11.6. The third kappa shape index (κ3) is 5.89. The van der Waals surface area contributed by atoms with Crippen molar-refractivity contribution in [3.8, 4) is 0 Å². The highest BCUT2D eigenvalue weighted by Crippen LogP contribution is 2.37. The van der Waals surface area contributed by atoms with Crippen LogP contribution in [-0.4, -0.2) is 42.7 Å². The van der Waals surface area contributed by atoms with Crippen LogP contribution in [0.15, 0.2) is 72.9 Å². The van der Waals surface area contributed by atoms with Gasteiger partial charge in [-0.15, -0.1) is 0 Å². The van der Waals surface area contributed by atoms with Gasteiger partial charge in [0.2, 0.25) is 0 Å². The number of ether oxygens (including phenoxy) is 1. The van der Waals surface area contributed by atoms with E-state index < -0.39 is 8.32 Å². The summed E-state index contributed by atoms with van der Waals surface area (Å²) in [4.78, 5) is 9.59. The first-order valence-corrected chi connectivity index (χ1v) is 14.6. The van der Waals surface area contributed by atoms with Crippen LogP contribution in [0.3, 0.4) is 0 Å². The predicted molar refractivity (Wildman–Crippen MR) is 142 cm³/mol. The summed E-state index contributed by atoms with van der Waals surface area (Å²) >= 11 is 0. The van der Waals surface area contributed by atoms with Gasteiger partial charge in [-0.05, 0) is 47.2 Å². The summed E-state index contributed by atoms with van der Waals surface area (Å²) in [5, 5.41) is 11.5. The molecule has 1 saturated carbocycles. The maximum absolute atomic E-state index is 9.01. The molecule has 1 aliphatic carbocycles. The number of aliphatic hydroxyl groups excluding tert-OH is 1. The quantitative estimate of drug-likeness (QED) is 0.445. The normalized spacial score (nSPS) is 19.0. The molecular formula is C29H38N2O3Si. The van der Waals surface area contributed by atoms with Crippen molar-refractivity contribution in [2.45, 2.75) is 70.1 Å². The molecular weight excluding hydrogens is 452 g/mol. The Labute approximate surface area is 210 Å².